The van der Waals surface area contributed by atoms with Gasteiger partial charge in [-0.05, 0) is 29.8 Å². The smallest absolute Gasteiger partial charge is 0.344 e. The van der Waals surface area contributed by atoms with E-state index in [-0.39, 0.29) is 25.8 Å². The van der Waals surface area contributed by atoms with Crippen molar-refractivity contribution in [3.05, 3.63) is 52.8 Å². The average molecular weight is 339 g/mol. The molecular weight excluding hydrogens is 327 g/mol. The Morgan fingerprint density at radius 3 is 2.96 bits per heavy atom. The van der Waals surface area contributed by atoms with E-state index < -0.39 is 11.8 Å². The molecule has 0 aromatic heterocycles. The lowest BCUT2D eigenvalue weighted by atomic mass is 10.2. The number of esters is 1. The van der Waals surface area contributed by atoms with Gasteiger partial charge in [0.05, 0.1) is 5.02 Å². The molecule has 0 spiro atoms. The third kappa shape index (κ3) is 3.84. The van der Waals surface area contributed by atoms with Crippen LogP contribution < -0.4 is 14.2 Å². The first-order valence-corrected chi connectivity index (χ1v) is 7.11. The molecule has 120 valence electrons. The van der Waals surface area contributed by atoms with Gasteiger partial charge < -0.3 is 18.9 Å². The standard InChI is InChI=1S/C16H12ClFO5/c17-13-4-10(5-14-16(13)23-9-22-14)7-21-15(19)8-20-12-3-1-2-11(18)6-12/h1-6H,7-9H2. The largest absolute Gasteiger partial charge is 0.482 e. The van der Waals surface area contributed by atoms with Crippen molar-refractivity contribution in [3.63, 3.8) is 0 Å². The minimum absolute atomic E-state index is 0.0156. The predicted octanol–water partition coefficient (Wildman–Crippen LogP) is 3.33. The van der Waals surface area contributed by atoms with E-state index in [2.05, 4.69) is 0 Å². The number of fused-ring (bicyclic) bond motifs is 1. The maximum Gasteiger partial charge on any atom is 0.344 e. The van der Waals surface area contributed by atoms with Gasteiger partial charge >= 0.3 is 5.97 Å². The second kappa shape index (κ2) is 6.75. The second-order valence-corrected chi connectivity index (χ2v) is 5.13. The Hall–Kier alpha value is -2.47. The van der Waals surface area contributed by atoms with Crippen molar-refractivity contribution in [1.82, 2.24) is 0 Å². The number of hydrogen-bond acceptors (Lipinski definition) is 5. The van der Waals surface area contributed by atoms with Gasteiger partial charge in [-0.1, -0.05) is 17.7 Å². The van der Waals surface area contributed by atoms with Crippen molar-refractivity contribution >= 4 is 17.6 Å². The Balaban J connectivity index is 1.52. The minimum Gasteiger partial charge on any atom is -0.482 e. The number of benzene rings is 2. The molecule has 5 nitrogen and oxygen atoms in total. The molecule has 0 N–H and O–H groups in total. The molecule has 0 unspecified atom stereocenters. The first-order valence-electron chi connectivity index (χ1n) is 6.74. The lowest BCUT2D eigenvalue weighted by molar-refractivity contribution is -0.147. The molecule has 0 atom stereocenters. The van der Waals surface area contributed by atoms with Crippen LogP contribution in [0, 0.1) is 5.82 Å². The fourth-order valence-corrected chi connectivity index (χ4v) is 2.30. The molecule has 1 aliphatic heterocycles. The lowest BCUT2D eigenvalue weighted by Gasteiger charge is -2.08. The van der Waals surface area contributed by atoms with E-state index in [0.29, 0.717) is 22.1 Å². The molecule has 1 aliphatic rings. The average Bonchev–Trinajstić information content (AvgIpc) is 3.00. The van der Waals surface area contributed by atoms with Gasteiger partial charge in [0.2, 0.25) is 6.79 Å². The fourth-order valence-electron chi connectivity index (χ4n) is 2.01. The fraction of sp³-hybridized carbons (Fsp3) is 0.188. The summed E-state index contributed by atoms with van der Waals surface area (Å²) in [5.74, 6) is 0.234. The molecule has 0 aliphatic carbocycles. The molecule has 0 amide bonds. The van der Waals surface area contributed by atoms with E-state index in [1.54, 1.807) is 18.2 Å². The molecule has 0 saturated carbocycles. The molecule has 0 saturated heterocycles. The highest BCUT2D eigenvalue weighted by molar-refractivity contribution is 6.32. The molecule has 7 heteroatoms. The normalized spacial score (nSPS) is 12.1. The Labute approximate surface area is 136 Å². The summed E-state index contributed by atoms with van der Waals surface area (Å²) in [6.07, 6.45) is 0. The maximum absolute atomic E-state index is 13.0. The molecule has 3 rings (SSSR count). The SMILES string of the molecule is O=C(COc1cccc(F)c1)OCc1cc(Cl)c2c(c1)OCO2. The molecule has 0 fully saturated rings. The van der Waals surface area contributed by atoms with Crippen LogP contribution >= 0.6 is 11.6 Å². The van der Waals surface area contributed by atoms with Gasteiger partial charge in [0.1, 0.15) is 18.2 Å². The number of carbonyl (C=O) groups excluding carboxylic acids is 1. The number of rotatable bonds is 5. The van der Waals surface area contributed by atoms with E-state index in [0.717, 1.165) is 0 Å². The highest BCUT2D eigenvalue weighted by Crippen LogP contribution is 2.39. The Bertz CT molecular complexity index is 734. The third-order valence-corrected chi connectivity index (χ3v) is 3.32. The monoisotopic (exact) mass is 338 g/mol. The quantitative estimate of drug-likeness (QED) is 0.783. The van der Waals surface area contributed by atoms with Crippen molar-refractivity contribution < 1.29 is 28.1 Å². The molecule has 23 heavy (non-hydrogen) atoms. The Kier molecular flexibility index (Phi) is 4.52. The van der Waals surface area contributed by atoms with Crippen LogP contribution in [0.4, 0.5) is 4.39 Å². The van der Waals surface area contributed by atoms with Gasteiger partial charge in [0.15, 0.2) is 18.1 Å². The summed E-state index contributed by atoms with van der Waals surface area (Å²) in [7, 11) is 0. The van der Waals surface area contributed by atoms with Gasteiger partial charge in [-0.25, -0.2) is 9.18 Å². The number of hydrogen-bond donors (Lipinski definition) is 0. The second-order valence-electron chi connectivity index (χ2n) is 4.72. The van der Waals surface area contributed by atoms with E-state index in [9.17, 15) is 9.18 Å². The van der Waals surface area contributed by atoms with Crippen LogP contribution in [0.15, 0.2) is 36.4 Å². The van der Waals surface area contributed by atoms with Crippen molar-refractivity contribution in [2.75, 3.05) is 13.4 Å². The van der Waals surface area contributed by atoms with Crippen LogP contribution in [0.5, 0.6) is 17.2 Å². The topological polar surface area (TPSA) is 54.0 Å². The highest BCUT2D eigenvalue weighted by Gasteiger charge is 2.18. The summed E-state index contributed by atoms with van der Waals surface area (Å²) in [5.41, 5.74) is 0.665. The number of carbonyl (C=O) groups is 1. The van der Waals surface area contributed by atoms with Crippen molar-refractivity contribution in [1.29, 1.82) is 0 Å². The maximum atomic E-state index is 13.0. The number of halogens is 2. The molecule has 2 aromatic rings. The van der Waals surface area contributed by atoms with Gasteiger partial charge in [0.25, 0.3) is 0 Å². The highest BCUT2D eigenvalue weighted by atomic mass is 35.5. The predicted molar refractivity (Wildman–Crippen MR) is 79.3 cm³/mol. The van der Waals surface area contributed by atoms with E-state index in [4.69, 9.17) is 30.5 Å². The third-order valence-electron chi connectivity index (χ3n) is 3.04. The van der Waals surface area contributed by atoms with Crippen molar-refractivity contribution in [2.24, 2.45) is 0 Å². The van der Waals surface area contributed by atoms with Crippen LogP contribution in [-0.2, 0) is 16.1 Å². The Morgan fingerprint density at radius 1 is 1.26 bits per heavy atom. The van der Waals surface area contributed by atoms with Crippen LogP contribution in [0.3, 0.4) is 0 Å². The van der Waals surface area contributed by atoms with Crippen LogP contribution in [0.2, 0.25) is 5.02 Å². The lowest BCUT2D eigenvalue weighted by Crippen LogP contribution is -2.14. The molecule has 0 radical (unpaired) electrons. The van der Waals surface area contributed by atoms with E-state index in [1.807, 2.05) is 0 Å². The van der Waals surface area contributed by atoms with Crippen LogP contribution in [0.25, 0.3) is 0 Å². The zero-order valence-electron chi connectivity index (χ0n) is 11.9. The summed E-state index contributed by atoms with van der Waals surface area (Å²) in [4.78, 5) is 11.7. The van der Waals surface area contributed by atoms with Gasteiger partial charge in [-0.15, -0.1) is 0 Å². The molecule has 2 aromatic carbocycles. The van der Waals surface area contributed by atoms with E-state index in [1.165, 1.54) is 18.2 Å². The summed E-state index contributed by atoms with van der Waals surface area (Å²) >= 11 is 6.04. The van der Waals surface area contributed by atoms with Gasteiger partial charge in [-0.3, -0.25) is 0 Å². The summed E-state index contributed by atoms with van der Waals surface area (Å²) < 4.78 is 33.6. The van der Waals surface area contributed by atoms with E-state index >= 15 is 0 Å². The molecular formula is C16H12ClFO5. The van der Waals surface area contributed by atoms with Crippen LogP contribution in [-0.4, -0.2) is 19.4 Å². The number of ether oxygens (including phenoxy) is 4. The Morgan fingerprint density at radius 2 is 2.13 bits per heavy atom. The first kappa shape index (κ1) is 15.4. The summed E-state index contributed by atoms with van der Waals surface area (Å²) in [5, 5.41) is 0.391. The zero-order valence-corrected chi connectivity index (χ0v) is 12.6. The zero-order chi connectivity index (χ0) is 16.2. The van der Waals surface area contributed by atoms with Crippen molar-refractivity contribution in [3.8, 4) is 17.2 Å². The van der Waals surface area contributed by atoms with Gasteiger partial charge in [0, 0.05) is 6.07 Å². The first-order chi connectivity index (χ1) is 11.1. The summed E-state index contributed by atoms with van der Waals surface area (Å²) in [6.45, 7) is -0.191. The molecule has 1 heterocycles. The summed E-state index contributed by atoms with van der Waals surface area (Å²) in [6, 6.07) is 8.84. The van der Waals surface area contributed by atoms with Gasteiger partial charge in [-0.2, -0.15) is 0 Å². The molecule has 0 bridgehead atoms. The van der Waals surface area contributed by atoms with Crippen molar-refractivity contribution in [2.45, 2.75) is 6.61 Å². The van der Waals surface area contributed by atoms with Crippen LogP contribution in [0.1, 0.15) is 5.56 Å². The minimum atomic E-state index is -0.581.